The highest BCUT2D eigenvalue weighted by molar-refractivity contribution is 6.38. The van der Waals surface area contributed by atoms with Gasteiger partial charge in [-0.1, -0.05) is 68.2 Å². The van der Waals surface area contributed by atoms with E-state index in [0.717, 1.165) is 32.2 Å². The van der Waals surface area contributed by atoms with E-state index in [4.69, 9.17) is 0 Å². The van der Waals surface area contributed by atoms with Gasteiger partial charge in [-0.15, -0.1) is 0 Å². The van der Waals surface area contributed by atoms with Gasteiger partial charge >= 0.3 is 6.03 Å². The number of amides is 5. The average molecular weight is 607 g/mol. The quantitative estimate of drug-likeness (QED) is 0.181. The molecule has 43 heavy (non-hydrogen) atoms. The number of rotatable bonds is 15. The molecule has 0 bridgehead atoms. The molecule has 5 amide bonds. The maximum Gasteiger partial charge on any atom is 0.315 e. The van der Waals surface area contributed by atoms with E-state index in [1.807, 2.05) is 34.7 Å². The molecule has 5 N–H and O–H groups in total. The molecule has 0 spiro atoms. The van der Waals surface area contributed by atoms with Crippen LogP contribution < -0.4 is 26.6 Å². The molecule has 246 valence electrons. The Morgan fingerprint density at radius 2 is 1.53 bits per heavy atom. The molecular weight excluding hydrogens is 548 g/mol. The van der Waals surface area contributed by atoms with Crippen LogP contribution in [-0.2, 0) is 19.2 Å². The van der Waals surface area contributed by atoms with Crippen LogP contribution in [0.3, 0.4) is 0 Å². The lowest BCUT2D eigenvalue weighted by Crippen LogP contribution is -2.61. The topological polar surface area (TPSA) is 149 Å². The molecule has 5 atom stereocenters. The summed E-state index contributed by atoms with van der Waals surface area (Å²) in [4.78, 5) is 67.8. The van der Waals surface area contributed by atoms with Crippen molar-refractivity contribution in [3.8, 4) is 0 Å². The number of nitrogens with one attached hydrogen (secondary N) is 5. The minimum absolute atomic E-state index is 0.0381. The molecule has 0 aromatic carbocycles. The third kappa shape index (κ3) is 11.1. The van der Waals surface area contributed by atoms with Gasteiger partial charge in [-0.05, 0) is 68.9 Å². The maximum atomic E-state index is 14.0. The third-order valence-corrected chi connectivity index (χ3v) is 8.48. The zero-order chi connectivity index (χ0) is 32.5. The standard InChI is InChI=1S/C32H58N6O5/c1-10-11-13-22(24(39)28(41)34-21-15-16-21)35-27(40)23-14-12-19-38(23)29(42)26(32(6,7)8)37-30(43)36-25(31(3,4)5)20(2)17-18-33-9/h20-23,25-26,33H,10-19H2,1-9H3,(H,34,41)(H,35,40)(H2,36,37,43)/t20-,22?,23+,25-,26-/m1/s1. The molecule has 0 radical (unpaired) electrons. The lowest BCUT2D eigenvalue weighted by Gasteiger charge is -2.39. The lowest BCUT2D eigenvalue weighted by atomic mass is 9.78. The van der Waals surface area contributed by atoms with Gasteiger partial charge in [-0.25, -0.2) is 4.79 Å². The highest BCUT2D eigenvalue weighted by Gasteiger charge is 2.43. The van der Waals surface area contributed by atoms with Gasteiger partial charge in [0.05, 0.1) is 6.04 Å². The van der Waals surface area contributed by atoms with Crippen LogP contribution in [0.1, 0.15) is 107 Å². The number of likely N-dealkylation sites (tertiary alicyclic amines) is 1. The molecule has 1 heterocycles. The van der Waals surface area contributed by atoms with E-state index in [-0.39, 0.29) is 29.3 Å². The third-order valence-electron chi connectivity index (χ3n) is 8.48. The van der Waals surface area contributed by atoms with Crippen LogP contribution in [-0.4, -0.2) is 84.8 Å². The fraction of sp³-hybridized carbons (Fsp3) is 0.844. The Labute approximate surface area is 258 Å². The lowest BCUT2D eigenvalue weighted by molar-refractivity contribution is -0.143. The van der Waals surface area contributed by atoms with Gasteiger partial charge in [-0.3, -0.25) is 19.2 Å². The average Bonchev–Trinajstić information content (AvgIpc) is 3.59. The first kappa shape index (κ1) is 36.5. The number of ketones is 1. The second-order valence-corrected chi connectivity index (χ2v) is 14.6. The zero-order valence-electron chi connectivity index (χ0n) is 28.0. The molecule has 2 rings (SSSR count). The Balaban J connectivity index is 2.17. The first-order valence-corrected chi connectivity index (χ1v) is 16.2. The second kappa shape index (κ2) is 15.9. The summed E-state index contributed by atoms with van der Waals surface area (Å²) in [5, 5.41) is 14.7. The van der Waals surface area contributed by atoms with Crippen LogP contribution >= 0.6 is 0 Å². The summed E-state index contributed by atoms with van der Waals surface area (Å²) in [6.07, 6.45) is 5.51. The Kier molecular flexibility index (Phi) is 13.5. The van der Waals surface area contributed by atoms with Crippen molar-refractivity contribution < 1.29 is 24.0 Å². The van der Waals surface area contributed by atoms with E-state index >= 15 is 0 Å². The Morgan fingerprint density at radius 3 is 2.07 bits per heavy atom. The summed E-state index contributed by atoms with van der Waals surface area (Å²) in [5.74, 6) is -1.89. The molecule has 11 nitrogen and oxygen atoms in total. The predicted octanol–water partition coefficient (Wildman–Crippen LogP) is 2.87. The van der Waals surface area contributed by atoms with E-state index in [2.05, 4.69) is 54.3 Å². The van der Waals surface area contributed by atoms with Crippen molar-refractivity contribution in [1.29, 1.82) is 0 Å². The highest BCUT2D eigenvalue weighted by Crippen LogP contribution is 2.29. The molecule has 1 aliphatic heterocycles. The summed E-state index contributed by atoms with van der Waals surface area (Å²) in [5.41, 5.74) is -0.835. The molecule has 2 aliphatic rings. The van der Waals surface area contributed by atoms with E-state index in [1.54, 1.807) is 0 Å². The van der Waals surface area contributed by atoms with Crippen molar-refractivity contribution in [2.24, 2.45) is 16.7 Å². The van der Waals surface area contributed by atoms with Crippen LogP contribution in [0.25, 0.3) is 0 Å². The molecule has 1 unspecified atom stereocenters. The summed E-state index contributed by atoms with van der Waals surface area (Å²) in [6.45, 7) is 17.2. The fourth-order valence-electron chi connectivity index (χ4n) is 5.77. The van der Waals surface area contributed by atoms with E-state index in [0.29, 0.717) is 32.2 Å². The maximum absolute atomic E-state index is 14.0. The number of unbranched alkanes of at least 4 members (excludes halogenated alkanes) is 1. The predicted molar refractivity (Wildman–Crippen MR) is 168 cm³/mol. The van der Waals surface area contributed by atoms with Crippen molar-refractivity contribution in [2.45, 2.75) is 137 Å². The molecule has 1 saturated carbocycles. The minimum atomic E-state index is -0.940. The number of carbonyl (C=O) groups is 5. The SMILES string of the molecule is CCCCC(NC(=O)[C@@H]1CCCN1C(=O)[C@@H](NC(=O)N[C@H]([C@H](C)CCNC)C(C)(C)C)C(C)(C)C)C(=O)C(=O)NC1CC1. The van der Waals surface area contributed by atoms with Crippen molar-refractivity contribution in [3.63, 3.8) is 0 Å². The highest BCUT2D eigenvalue weighted by atomic mass is 16.2. The van der Waals surface area contributed by atoms with Crippen molar-refractivity contribution in [3.05, 3.63) is 0 Å². The summed E-state index contributed by atoms with van der Waals surface area (Å²) in [7, 11) is 1.90. The van der Waals surface area contributed by atoms with E-state index < -0.39 is 47.2 Å². The molecule has 11 heteroatoms. The number of hydrogen-bond acceptors (Lipinski definition) is 6. The molecule has 0 aromatic rings. The monoisotopic (exact) mass is 606 g/mol. The van der Waals surface area contributed by atoms with E-state index in [1.165, 1.54) is 4.90 Å². The zero-order valence-corrected chi connectivity index (χ0v) is 28.0. The first-order valence-electron chi connectivity index (χ1n) is 16.2. The molecule has 2 fully saturated rings. The largest absolute Gasteiger partial charge is 0.347 e. The van der Waals surface area contributed by atoms with Gasteiger partial charge in [0.2, 0.25) is 17.6 Å². The second-order valence-electron chi connectivity index (χ2n) is 14.6. The molecule has 1 aliphatic carbocycles. The van der Waals surface area contributed by atoms with Crippen LogP contribution in [0, 0.1) is 16.7 Å². The Bertz CT molecular complexity index is 984. The van der Waals surface area contributed by atoms with Gasteiger partial charge in [-0.2, -0.15) is 0 Å². The Hall–Kier alpha value is -2.69. The molecule has 1 saturated heterocycles. The number of nitrogens with zero attached hydrogens (tertiary/aromatic N) is 1. The van der Waals surface area contributed by atoms with Crippen LogP contribution in [0.2, 0.25) is 0 Å². The summed E-state index contributed by atoms with van der Waals surface area (Å²) in [6, 6.07) is -3.11. The van der Waals surface area contributed by atoms with Crippen molar-refractivity contribution in [1.82, 2.24) is 31.5 Å². The van der Waals surface area contributed by atoms with Crippen LogP contribution in [0.4, 0.5) is 4.79 Å². The number of carbonyl (C=O) groups excluding carboxylic acids is 5. The van der Waals surface area contributed by atoms with Gasteiger partial charge in [0.15, 0.2) is 0 Å². The number of urea groups is 1. The normalized spacial score (nSPS) is 20.0. The smallest absolute Gasteiger partial charge is 0.315 e. The molecule has 0 aromatic heterocycles. The van der Waals surface area contributed by atoms with Crippen molar-refractivity contribution >= 4 is 29.5 Å². The van der Waals surface area contributed by atoms with E-state index in [9.17, 15) is 24.0 Å². The summed E-state index contributed by atoms with van der Waals surface area (Å²) < 4.78 is 0. The molecular formula is C32H58N6O5. The van der Waals surface area contributed by atoms with Crippen LogP contribution in [0.5, 0.6) is 0 Å². The van der Waals surface area contributed by atoms with Gasteiger partial charge in [0.25, 0.3) is 5.91 Å². The summed E-state index contributed by atoms with van der Waals surface area (Å²) >= 11 is 0. The van der Waals surface area contributed by atoms with Crippen molar-refractivity contribution in [2.75, 3.05) is 20.1 Å². The first-order chi connectivity index (χ1) is 20.0. The van der Waals surface area contributed by atoms with Crippen LogP contribution in [0.15, 0.2) is 0 Å². The number of hydrogen-bond donors (Lipinski definition) is 5. The van der Waals surface area contributed by atoms with Gasteiger partial charge in [0.1, 0.15) is 12.1 Å². The van der Waals surface area contributed by atoms with Gasteiger partial charge < -0.3 is 31.5 Å². The Morgan fingerprint density at radius 1 is 0.884 bits per heavy atom. The minimum Gasteiger partial charge on any atom is -0.347 e. The fourth-order valence-corrected chi connectivity index (χ4v) is 5.77. The van der Waals surface area contributed by atoms with Gasteiger partial charge in [0, 0.05) is 18.6 Å². The number of Topliss-reactive ketones (excluding diaryl/α,β-unsaturated/α-hetero) is 1.